The molecule has 1 amide bonds. The minimum atomic E-state index is -0.188. The third kappa shape index (κ3) is 3.49. The molecule has 0 atom stereocenters. The van der Waals surface area contributed by atoms with E-state index in [1.54, 1.807) is 6.20 Å². The van der Waals surface area contributed by atoms with Crippen molar-refractivity contribution in [3.8, 4) is 11.3 Å². The van der Waals surface area contributed by atoms with Gasteiger partial charge in [-0.3, -0.25) is 4.79 Å². The third-order valence-corrected chi connectivity index (χ3v) is 4.86. The molecular formula is C24H21N3O. The second-order valence-corrected chi connectivity index (χ2v) is 6.75. The summed E-state index contributed by atoms with van der Waals surface area (Å²) in [5, 5.41) is 3.76. The van der Waals surface area contributed by atoms with Crippen LogP contribution in [0, 0.1) is 6.92 Å². The van der Waals surface area contributed by atoms with Gasteiger partial charge in [0, 0.05) is 17.1 Å². The monoisotopic (exact) mass is 367 g/mol. The Hall–Kier alpha value is -3.53. The third-order valence-electron chi connectivity index (χ3n) is 4.86. The van der Waals surface area contributed by atoms with E-state index >= 15 is 0 Å². The van der Waals surface area contributed by atoms with Gasteiger partial charge in [-0.2, -0.15) is 0 Å². The van der Waals surface area contributed by atoms with Crippen LogP contribution < -0.4 is 5.32 Å². The number of anilines is 1. The van der Waals surface area contributed by atoms with E-state index in [1.807, 2.05) is 49.4 Å². The predicted octanol–water partition coefficient (Wildman–Crippen LogP) is 5.42. The van der Waals surface area contributed by atoms with Gasteiger partial charge in [-0.1, -0.05) is 55.5 Å². The van der Waals surface area contributed by atoms with Gasteiger partial charge < -0.3 is 5.32 Å². The number of hydrogen-bond donors (Lipinski definition) is 1. The molecule has 4 nitrogen and oxygen atoms in total. The summed E-state index contributed by atoms with van der Waals surface area (Å²) in [6, 6.07) is 21.7. The molecule has 0 unspecified atom stereocenters. The first kappa shape index (κ1) is 17.9. The van der Waals surface area contributed by atoms with Crippen molar-refractivity contribution in [3.05, 3.63) is 89.6 Å². The van der Waals surface area contributed by atoms with E-state index in [-0.39, 0.29) is 5.91 Å². The summed E-state index contributed by atoms with van der Waals surface area (Å²) in [5.74, 6) is 0.383. The fraction of sp³-hybridized carbons (Fsp3) is 0.125. The predicted molar refractivity (Wildman–Crippen MR) is 113 cm³/mol. The molecule has 0 spiro atoms. The van der Waals surface area contributed by atoms with Crippen molar-refractivity contribution in [1.82, 2.24) is 9.97 Å². The van der Waals surface area contributed by atoms with Gasteiger partial charge in [-0.05, 0) is 42.7 Å². The van der Waals surface area contributed by atoms with Crippen molar-refractivity contribution in [2.75, 3.05) is 5.32 Å². The zero-order valence-electron chi connectivity index (χ0n) is 15.9. The molecule has 0 saturated carbocycles. The lowest BCUT2D eigenvalue weighted by Gasteiger charge is -2.11. The van der Waals surface area contributed by atoms with E-state index in [9.17, 15) is 4.79 Å². The summed E-state index contributed by atoms with van der Waals surface area (Å²) in [7, 11) is 0. The van der Waals surface area contributed by atoms with Crippen LogP contribution >= 0.6 is 0 Å². The largest absolute Gasteiger partial charge is 0.306 e. The summed E-state index contributed by atoms with van der Waals surface area (Å²) in [6.45, 7) is 4.05. The second-order valence-electron chi connectivity index (χ2n) is 6.75. The fourth-order valence-electron chi connectivity index (χ4n) is 3.21. The Morgan fingerprint density at radius 3 is 2.54 bits per heavy atom. The number of aromatic nitrogens is 2. The molecule has 28 heavy (non-hydrogen) atoms. The molecule has 4 heteroatoms. The van der Waals surface area contributed by atoms with Gasteiger partial charge in [-0.15, -0.1) is 0 Å². The molecule has 138 valence electrons. The number of pyridine rings is 2. The van der Waals surface area contributed by atoms with Crippen LogP contribution in [0.1, 0.15) is 28.4 Å². The molecule has 2 heterocycles. The molecule has 2 aromatic heterocycles. The minimum Gasteiger partial charge on any atom is -0.306 e. The standard InChI is InChI=1S/C24H21N3O/c1-3-17-10-12-18(13-11-17)22-15-20(19-8-4-5-9-21(19)26-22)24(28)27-23-16(2)7-6-14-25-23/h4-15H,3H2,1-2H3,(H,25,27,28). The number of benzene rings is 2. The summed E-state index contributed by atoms with van der Waals surface area (Å²) in [5.41, 5.74) is 5.35. The van der Waals surface area contributed by atoms with Gasteiger partial charge in [0.05, 0.1) is 16.8 Å². The van der Waals surface area contributed by atoms with E-state index < -0.39 is 0 Å². The van der Waals surface area contributed by atoms with Crippen LogP contribution in [0.3, 0.4) is 0 Å². The maximum absolute atomic E-state index is 13.1. The molecule has 4 aromatic rings. The van der Waals surface area contributed by atoms with Gasteiger partial charge in [0.2, 0.25) is 0 Å². The number of fused-ring (bicyclic) bond motifs is 1. The molecule has 2 aromatic carbocycles. The van der Waals surface area contributed by atoms with E-state index in [1.165, 1.54) is 5.56 Å². The van der Waals surface area contributed by atoms with Crippen LogP contribution in [0.4, 0.5) is 5.82 Å². The van der Waals surface area contributed by atoms with E-state index in [0.717, 1.165) is 34.1 Å². The summed E-state index contributed by atoms with van der Waals surface area (Å²) >= 11 is 0. The fourth-order valence-corrected chi connectivity index (χ4v) is 3.21. The highest BCUT2D eigenvalue weighted by Gasteiger charge is 2.15. The van der Waals surface area contributed by atoms with Crippen LogP contribution in [-0.4, -0.2) is 15.9 Å². The Bertz CT molecular complexity index is 1150. The van der Waals surface area contributed by atoms with Crippen molar-refractivity contribution >= 4 is 22.6 Å². The number of carbonyl (C=O) groups is 1. The van der Waals surface area contributed by atoms with Crippen molar-refractivity contribution in [2.24, 2.45) is 0 Å². The molecule has 0 bridgehead atoms. The maximum Gasteiger partial charge on any atom is 0.257 e. The molecule has 4 rings (SSSR count). The first-order chi connectivity index (χ1) is 13.7. The molecule has 0 aliphatic heterocycles. The average Bonchev–Trinajstić information content (AvgIpc) is 2.74. The Labute approximate surface area is 164 Å². The van der Waals surface area contributed by atoms with Crippen LogP contribution in [0.25, 0.3) is 22.2 Å². The number of nitrogens with zero attached hydrogens (tertiary/aromatic N) is 2. The number of hydrogen-bond acceptors (Lipinski definition) is 3. The molecule has 0 aliphatic carbocycles. The summed E-state index contributed by atoms with van der Waals surface area (Å²) in [4.78, 5) is 22.1. The molecule has 1 N–H and O–H groups in total. The van der Waals surface area contributed by atoms with Crippen LogP contribution in [0.2, 0.25) is 0 Å². The smallest absolute Gasteiger partial charge is 0.257 e. The average molecular weight is 367 g/mol. The lowest BCUT2D eigenvalue weighted by molar-refractivity contribution is 0.102. The van der Waals surface area contributed by atoms with Crippen molar-refractivity contribution in [1.29, 1.82) is 0 Å². The maximum atomic E-state index is 13.1. The van der Waals surface area contributed by atoms with Crippen LogP contribution in [-0.2, 0) is 6.42 Å². The number of para-hydroxylation sites is 1. The highest BCUT2D eigenvalue weighted by atomic mass is 16.1. The number of nitrogens with one attached hydrogen (secondary N) is 1. The van der Waals surface area contributed by atoms with E-state index in [0.29, 0.717) is 11.4 Å². The molecule has 0 aliphatic rings. The Kier molecular flexibility index (Phi) is 4.85. The zero-order valence-corrected chi connectivity index (χ0v) is 15.9. The normalized spacial score (nSPS) is 10.8. The van der Waals surface area contributed by atoms with Gasteiger partial charge >= 0.3 is 0 Å². The molecule has 0 saturated heterocycles. The number of aryl methyl sites for hydroxylation is 2. The first-order valence-electron chi connectivity index (χ1n) is 9.38. The number of amides is 1. The quantitative estimate of drug-likeness (QED) is 0.524. The number of carbonyl (C=O) groups excluding carboxylic acids is 1. The topological polar surface area (TPSA) is 54.9 Å². The lowest BCUT2D eigenvalue weighted by Crippen LogP contribution is -2.15. The van der Waals surface area contributed by atoms with Crippen molar-refractivity contribution in [2.45, 2.75) is 20.3 Å². The van der Waals surface area contributed by atoms with Gasteiger partial charge in [0.25, 0.3) is 5.91 Å². The van der Waals surface area contributed by atoms with Gasteiger partial charge in [0.15, 0.2) is 0 Å². The van der Waals surface area contributed by atoms with E-state index in [2.05, 4.69) is 41.5 Å². The zero-order chi connectivity index (χ0) is 19.5. The summed E-state index contributed by atoms with van der Waals surface area (Å²) < 4.78 is 0. The lowest BCUT2D eigenvalue weighted by atomic mass is 10.0. The molecule has 0 fully saturated rings. The van der Waals surface area contributed by atoms with Crippen molar-refractivity contribution < 1.29 is 4.79 Å². The van der Waals surface area contributed by atoms with Crippen molar-refractivity contribution in [3.63, 3.8) is 0 Å². The van der Waals surface area contributed by atoms with Crippen LogP contribution in [0.5, 0.6) is 0 Å². The molecule has 0 radical (unpaired) electrons. The Balaban J connectivity index is 1.80. The van der Waals surface area contributed by atoms with Crippen LogP contribution in [0.15, 0.2) is 72.9 Å². The minimum absolute atomic E-state index is 0.188. The van der Waals surface area contributed by atoms with E-state index in [4.69, 9.17) is 4.98 Å². The van der Waals surface area contributed by atoms with Gasteiger partial charge in [-0.25, -0.2) is 9.97 Å². The van der Waals surface area contributed by atoms with Gasteiger partial charge in [0.1, 0.15) is 5.82 Å². The Morgan fingerprint density at radius 1 is 1.00 bits per heavy atom. The molecular weight excluding hydrogens is 346 g/mol. The highest BCUT2D eigenvalue weighted by Crippen LogP contribution is 2.26. The Morgan fingerprint density at radius 2 is 1.79 bits per heavy atom. The summed E-state index contributed by atoms with van der Waals surface area (Å²) in [6.07, 6.45) is 2.66. The highest BCUT2D eigenvalue weighted by molar-refractivity contribution is 6.13. The number of rotatable bonds is 4. The SMILES string of the molecule is CCc1ccc(-c2cc(C(=O)Nc3ncccc3C)c3ccccc3n2)cc1. The first-order valence-corrected chi connectivity index (χ1v) is 9.38. The second kappa shape index (κ2) is 7.61.